The van der Waals surface area contributed by atoms with Crippen molar-refractivity contribution in [1.82, 2.24) is 11.1 Å². The summed E-state index contributed by atoms with van der Waals surface area (Å²) in [5.74, 6) is 0. The average molecular weight is 425 g/mol. The van der Waals surface area contributed by atoms with E-state index in [1.54, 1.807) is 0 Å². The Morgan fingerprint density at radius 2 is 1.79 bits per heavy atom. The van der Waals surface area contributed by atoms with E-state index in [1.165, 1.54) is 39.3 Å². The van der Waals surface area contributed by atoms with E-state index in [2.05, 4.69) is 28.0 Å². The van der Waals surface area contributed by atoms with Gasteiger partial charge in [-0.15, -0.1) is 0 Å². The number of halogens is 2. The van der Waals surface area contributed by atoms with Crippen LogP contribution in [0.3, 0.4) is 0 Å². The number of hydrogen-bond donors (Lipinski definition) is 0. The molecular weight excluding hydrogens is 404 g/mol. The van der Waals surface area contributed by atoms with Gasteiger partial charge in [0, 0.05) is 0 Å². The fourth-order valence-corrected chi connectivity index (χ4v) is 3.57. The van der Waals surface area contributed by atoms with Crippen LogP contribution in [0.1, 0.15) is 0 Å². The van der Waals surface area contributed by atoms with Crippen LogP contribution in [-0.2, 0) is 0 Å². The molecule has 1 aliphatic heterocycles. The van der Waals surface area contributed by atoms with E-state index in [-0.39, 0.29) is 0 Å². The van der Waals surface area contributed by atoms with Gasteiger partial charge in [-0.25, -0.2) is 0 Å². The third-order valence-electron chi connectivity index (χ3n) is 2.57. The van der Waals surface area contributed by atoms with Gasteiger partial charge in [-0.2, -0.15) is 0 Å². The first-order valence-electron chi connectivity index (χ1n) is 4.94. The fraction of sp³-hybridized carbons (Fsp3) is 1.00. The Hall–Kier alpha value is 1.34. The summed E-state index contributed by atoms with van der Waals surface area (Å²) in [5.41, 5.74) is 0. The van der Waals surface area contributed by atoms with Gasteiger partial charge >= 0.3 is 110 Å². The van der Waals surface area contributed by atoms with Crippen LogP contribution in [0.25, 0.3) is 0 Å². The van der Waals surface area contributed by atoms with Gasteiger partial charge in [-0.1, -0.05) is 0 Å². The molecule has 1 heterocycles. The molecule has 1 rings (SSSR count). The van der Waals surface area contributed by atoms with Crippen molar-refractivity contribution in [3.8, 4) is 0 Å². The van der Waals surface area contributed by atoms with Gasteiger partial charge in [0.1, 0.15) is 0 Å². The van der Waals surface area contributed by atoms with Crippen LogP contribution in [0.4, 0.5) is 0 Å². The first-order chi connectivity index (χ1) is 6.76. The number of hydrogen-bond acceptors (Lipinski definition) is 3. The van der Waals surface area contributed by atoms with Gasteiger partial charge in [0.05, 0.1) is 0 Å². The second-order valence-corrected chi connectivity index (χ2v) is 8.36. The molecule has 5 heteroatoms. The van der Waals surface area contributed by atoms with Gasteiger partial charge < -0.3 is 0 Å². The molecule has 0 saturated carbocycles. The Labute approximate surface area is 109 Å². The van der Waals surface area contributed by atoms with Gasteiger partial charge in [0.15, 0.2) is 0 Å². The maximum atomic E-state index is 2.64. The SMILES string of the molecule is C[I-]N(C)CCN1CCN([I-]C)CC1. The Morgan fingerprint density at radius 1 is 1.14 bits per heavy atom. The summed E-state index contributed by atoms with van der Waals surface area (Å²) in [6.45, 7) is 7.76. The Balaban J connectivity index is 2.10. The molecule has 0 N–H and O–H groups in total. The zero-order valence-corrected chi connectivity index (χ0v) is 13.7. The van der Waals surface area contributed by atoms with Crippen molar-refractivity contribution in [1.29, 1.82) is 0 Å². The van der Waals surface area contributed by atoms with Crippen LogP contribution in [0, 0.1) is 0 Å². The summed E-state index contributed by atoms with van der Waals surface area (Å²) in [5, 5.41) is 0. The summed E-state index contributed by atoms with van der Waals surface area (Å²) < 4.78 is 5.14. The second-order valence-electron chi connectivity index (χ2n) is 3.42. The molecule has 0 amide bonds. The average Bonchev–Trinajstić information content (AvgIpc) is 2.26. The number of rotatable bonds is 5. The van der Waals surface area contributed by atoms with Gasteiger partial charge in [0.25, 0.3) is 0 Å². The van der Waals surface area contributed by atoms with Crippen LogP contribution in [-0.4, -0.2) is 67.3 Å². The summed E-state index contributed by atoms with van der Waals surface area (Å²) >= 11 is 0.648. The van der Waals surface area contributed by atoms with Gasteiger partial charge in [0.2, 0.25) is 0 Å². The van der Waals surface area contributed by atoms with E-state index in [0.29, 0.717) is 43.0 Å². The molecule has 1 fully saturated rings. The zero-order valence-electron chi connectivity index (χ0n) is 9.34. The van der Waals surface area contributed by atoms with Gasteiger partial charge in [-0.3, -0.25) is 0 Å². The second kappa shape index (κ2) is 7.59. The van der Waals surface area contributed by atoms with E-state index in [9.17, 15) is 0 Å². The molecule has 0 bridgehead atoms. The predicted octanol–water partition coefficient (Wildman–Crippen LogP) is -6.20. The first kappa shape index (κ1) is 13.4. The van der Waals surface area contributed by atoms with E-state index < -0.39 is 0 Å². The van der Waals surface area contributed by atoms with E-state index >= 15 is 0 Å². The Bertz CT molecular complexity index is 149. The predicted molar refractivity (Wildman–Crippen MR) is 52.5 cm³/mol. The van der Waals surface area contributed by atoms with E-state index in [1.807, 2.05) is 0 Å². The van der Waals surface area contributed by atoms with Crippen LogP contribution in [0.15, 0.2) is 0 Å². The molecule has 0 aromatic rings. The topological polar surface area (TPSA) is 9.72 Å². The number of piperazine rings is 1. The maximum absolute atomic E-state index is 2.64. The van der Waals surface area contributed by atoms with Crippen molar-refractivity contribution < 1.29 is 43.0 Å². The molecule has 1 aliphatic rings. The number of nitrogens with zero attached hydrogens (tertiary/aromatic N) is 3. The molecule has 0 atom stereocenters. The summed E-state index contributed by atoms with van der Waals surface area (Å²) in [4.78, 5) is 7.31. The minimum absolute atomic E-state index is 0.305. The molecule has 0 aromatic heterocycles. The summed E-state index contributed by atoms with van der Waals surface area (Å²) in [6, 6.07) is 0. The van der Waals surface area contributed by atoms with Crippen molar-refractivity contribution in [2.45, 2.75) is 0 Å². The molecule has 1 saturated heterocycles. The molecule has 0 radical (unpaired) electrons. The quantitative estimate of drug-likeness (QED) is 0.247. The van der Waals surface area contributed by atoms with Crippen molar-refractivity contribution in [3.05, 3.63) is 0 Å². The normalized spacial score (nSPS) is 21.1. The van der Waals surface area contributed by atoms with Crippen molar-refractivity contribution >= 4 is 0 Å². The van der Waals surface area contributed by atoms with Crippen molar-refractivity contribution in [2.24, 2.45) is 0 Å². The minimum atomic E-state index is 0.305. The first-order valence-corrected chi connectivity index (χ1v) is 11.2. The molecule has 88 valence electrons. The van der Waals surface area contributed by atoms with Crippen molar-refractivity contribution in [3.63, 3.8) is 0 Å². The Kier molecular flexibility index (Phi) is 7.26. The monoisotopic (exact) mass is 425 g/mol. The summed E-state index contributed by atoms with van der Waals surface area (Å²) in [7, 11) is 2.25. The standard InChI is InChI=1S/C9H21I2N3/c1-10-12(3)4-5-13-6-8-14(11-2)9-7-13/h4-9H2,1-3H3/q-2. The van der Waals surface area contributed by atoms with E-state index in [4.69, 9.17) is 0 Å². The van der Waals surface area contributed by atoms with Gasteiger partial charge in [-0.05, 0) is 0 Å². The molecule has 0 spiro atoms. The van der Waals surface area contributed by atoms with Crippen LogP contribution in [0.5, 0.6) is 0 Å². The summed E-state index contributed by atoms with van der Waals surface area (Å²) in [6.07, 6.45) is 0. The van der Waals surface area contributed by atoms with Crippen LogP contribution >= 0.6 is 0 Å². The molecular formula is C9H21I2N3-2. The molecule has 3 nitrogen and oxygen atoms in total. The molecule has 14 heavy (non-hydrogen) atoms. The number of likely N-dealkylation sites (N-methyl/N-ethyl adjacent to an activating group) is 1. The fourth-order valence-electron chi connectivity index (χ4n) is 1.48. The van der Waals surface area contributed by atoms with E-state index in [0.717, 1.165) is 0 Å². The van der Waals surface area contributed by atoms with Crippen LogP contribution < -0.4 is 43.0 Å². The molecule has 0 aliphatic carbocycles. The van der Waals surface area contributed by atoms with Crippen molar-refractivity contribution in [2.75, 3.05) is 56.2 Å². The van der Waals surface area contributed by atoms with Crippen LogP contribution in [0.2, 0.25) is 0 Å². The third kappa shape index (κ3) is 4.91. The molecule has 0 unspecified atom stereocenters. The number of alkyl halides is 2. The Morgan fingerprint density at radius 3 is 2.29 bits per heavy atom. The zero-order chi connectivity index (χ0) is 10.4. The third-order valence-corrected chi connectivity index (χ3v) is 7.03. The molecule has 0 aromatic carbocycles.